The van der Waals surface area contributed by atoms with E-state index >= 15 is 0 Å². The van der Waals surface area contributed by atoms with E-state index in [1.54, 1.807) is 12.1 Å². The maximum absolute atomic E-state index is 11.9. The van der Waals surface area contributed by atoms with E-state index in [2.05, 4.69) is 14.9 Å². The molecule has 3 rings (SSSR count). The summed E-state index contributed by atoms with van der Waals surface area (Å²) in [6.07, 6.45) is 4.66. The summed E-state index contributed by atoms with van der Waals surface area (Å²) < 4.78 is 8.32. The van der Waals surface area contributed by atoms with Gasteiger partial charge in [0.15, 0.2) is 0 Å². The molecule has 0 radical (unpaired) electrons. The van der Waals surface area contributed by atoms with Crippen LogP contribution in [-0.4, -0.2) is 36.7 Å². The van der Waals surface area contributed by atoms with Crippen molar-refractivity contribution in [1.82, 2.24) is 0 Å². The Hall–Kier alpha value is -1.97. The number of aromatic carboxylic acids is 1. The van der Waals surface area contributed by atoms with Crippen molar-refractivity contribution in [2.45, 2.75) is 39.5 Å². The summed E-state index contributed by atoms with van der Waals surface area (Å²) in [5.74, 6) is -1.25. The highest BCUT2D eigenvalue weighted by atomic mass is 32.2. The number of carbonyl (C=O) groups is 2. The second-order valence-corrected chi connectivity index (χ2v) is 8.08. The van der Waals surface area contributed by atoms with Gasteiger partial charge in [-0.2, -0.15) is 16.6 Å². The highest BCUT2D eigenvalue weighted by Crippen LogP contribution is 2.54. The van der Waals surface area contributed by atoms with E-state index in [4.69, 9.17) is 9.22 Å². The SMILES string of the molecule is CCOO[SH4]Nc1ccc(C(=O)O)c(N2CCC3(CC2)CC3)c1NC(C)=O. The van der Waals surface area contributed by atoms with Gasteiger partial charge >= 0.3 is 5.97 Å². The maximum Gasteiger partial charge on any atom is 0.337 e. The van der Waals surface area contributed by atoms with Gasteiger partial charge in [-0.3, -0.25) is 4.79 Å². The number of nitrogens with zero attached hydrogens (tertiary/aromatic N) is 1. The molecule has 1 saturated carbocycles. The quantitative estimate of drug-likeness (QED) is 0.351. The molecule has 2 fully saturated rings. The van der Waals surface area contributed by atoms with Crippen molar-refractivity contribution in [1.29, 1.82) is 0 Å². The van der Waals surface area contributed by atoms with Gasteiger partial charge in [0.25, 0.3) is 0 Å². The van der Waals surface area contributed by atoms with Gasteiger partial charge in [0.1, 0.15) is 0 Å². The van der Waals surface area contributed by atoms with Crippen LogP contribution in [0, 0.1) is 5.41 Å². The van der Waals surface area contributed by atoms with E-state index in [0.717, 1.165) is 25.9 Å². The molecule has 1 aliphatic carbocycles. The van der Waals surface area contributed by atoms with Gasteiger partial charge in [-0.15, -0.1) is 0 Å². The predicted molar refractivity (Wildman–Crippen MR) is 110 cm³/mol. The number of hydrogen-bond donors (Lipinski definition) is 3. The molecule has 2 aliphatic rings. The Balaban J connectivity index is 1.92. The topological polar surface area (TPSA) is 100 Å². The van der Waals surface area contributed by atoms with E-state index in [-0.39, 0.29) is 11.5 Å². The lowest BCUT2D eigenvalue weighted by atomic mass is 9.92. The minimum Gasteiger partial charge on any atom is -0.478 e. The Kier molecular flexibility index (Phi) is 6.13. The Morgan fingerprint density at radius 2 is 1.96 bits per heavy atom. The Morgan fingerprint density at radius 1 is 1.26 bits per heavy atom. The molecule has 1 aliphatic heterocycles. The van der Waals surface area contributed by atoms with E-state index < -0.39 is 18.2 Å². The molecule has 9 heteroatoms. The molecule has 1 heterocycles. The molecule has 1 amide bonds. The molecule has 152 valence electrons. The van der Waals surface area contributed by atoms with Crippen LogP contribution in [0.5, 0.6) is 0 Å². The smallest absolute Gasteiger partial charge is 0.337 e. The number of hydrogen-bond acceptors (Lipinski definition) is 6. The first-order valence-corrected chi connectivity index (χ1v) is 10.7. The summed E-state index contributed by atoms with van der Waals surface area (Å²) in [5.41, 5.74) is 2.40. The second kappa shape index (κ2) is 8.37. The third kappa shape index (κ3) is 4.66. The van der Waals surface area contributed by atoms with Crippen molar-refractivity contribution in [3.8, 4) is 0 Å². The molecule has 1 aromatic rings. The second-order valence-electron chi connectivity index (χ2n) is 7.20. The molecule has 0 unspecified atom stereocenters. The number of rotatable bonds is 8. The van der Waals surface area contributed by atoms with E-state index in [0.29, 0.717) is 29.1 Å². The largest absolute Gasteiger partial charge is 0.478 e. The highest BCUT2D eigenvalue weighted by Gasteiger charge is 2.45. The maximum atomic E-state index is 11.9. The number of piperidine rings is 1. The van der Waals surface area contributed by atoms with Gasteiger partial charge in [-0.25, -0.2) is 9.68 Å². The minimum absolute atomic E-state index is 0.198. The lowest BCUT2D eigenvalue weighted by molar-refractivity contribution is -0.185. The Labute approximate surface area is 162 Å². The monoisotopic (exact) mass is 399 g/mol. The minimum atomic E-state index is -1.23. The molecule has 1 saturated heterocycles. The van der Waals surface area contributed by atoms with Crippen LogP contribution in [0.1, 0.15) is 49.9 Å². The zero-order valence-corrected chi connectivity index (χ0v) is 17.3. The van der Waals surface area contributed by atoms with Crippen molar-refractivity contribution in [2.75, 3.05) is 34.6 Å². The number of carbonyl (C=O) groups excluding carboxylic acids is 1. The average Bonchev–Trinajstić information content (AvgIpc) is 3.39. The normalized spacial score (nSPS) is 17.8. The number of nitrogens with one attached hydrogen (secondary N) is 2. The standard InChI is InChI=1S/C18H29N3O5S/c1-3-25-26-27-20-14-5-4-13(17(23)24)16(15(14)19-12(2)22)21-10-8-18(6-7-18)9-11-21/h4-5,20H,3,6-11H2,1-2H3,27H4,(H,19,22)(H,23,24). The van der Waals surface area contributed by atoms with Crippen LogP contribution in [0.15, 0.2) is 12.1 Å². The van der Waals surface area contributed by atoms with E-state index in [9.17, 15) is 14.7 Å². The molecule has 3 N–H and O–H groups in total. The molecule has 0 aromatic heterocycles. The third-order valence-corrected chi connectivity index (χ3v) is 6.14. The van der Waals surface area contributed by atoms with Crippen LogP contribution in [0.25, 0.3) is 0 Å². The first kappa shape index (κ1) is 19.8. The van der Waals surface area contributed by atoms with Crippen molar-refractivity contribution in [3.63, 3.8) is 0 Å². The first-order chi connectivity index (χ1) is 13.0. The number of amides is 1. The zero-order chi connectivity index (χ0) is 19.4. The number of carboxylic acid groups (broad SMARTS) is 1. The summed E-state index contributed by atoms with van der Waals surface area (Å²) in [7, 11) is 0. The molecule has 1 aromatic carbocycles. The summed E-state index contributed by atoms with van der Waals surface area (Å²) in [5, 5.41) is 12.5. The van der Waals surface area contributed by atoms with Gasteiger partial charge in [-0.05, 0) is 50.2 Å². The van der Waals surface area contributed by atoms with Crippen LogP contribution >= 0.6 is 12.2 Å². The third-order valence-electron chi connectivity index (χ3n) is 5.33. The van der Waals surface area contributed by atoms with E-state index in [1.807, 2.05) is 6.92 Å². The van der Waals surface area contributed by atoms with Gasteiger partial charge in [0.2, 0.25) is 5.91 Å². The molecular weight excluding hydrogens is 370 g/mol. The van der Waals surface area contributed by atoms with Gasteiger partial charge in [0.05, 0.1) is 29.2 Å². The first-order valence-electron chi connectivity index (χ1n) is 9.37. The molecule has 27 heavy (non-hydrogen) atoms. The summed E-state index contributed by atoms with van der Waals surface area (Å²) in [4.78, 5) is 30.7. The lowest BCUT2D eigenvalue weighted by Gasteiger charge is -2.36. The van der Waals surface area contributed by atoms with Gasteiger partial charge in [0, 0.05) is 20.0 Å². The van der Waals surface area contributed by atoms with Crippen molar-refractivity contribution < 1.29 is 23.9 Å². The molecular formula is C18H29N3O5S. The molecule has 1 spiro atoms. The average molecular weight is 400 g/mol. The summed E-state index contributed by atoms with van der Waals surface area (Å²) >= 11 is -1.23. The molecule has 0 bridgehead atoms. The fourth-order valence-electron chi connectivity index (χ4n) is 3.66. The highest BCUT2D eigenvalue weighted by molar-refractivity contribution is 7.95. The van der Waals surface area contributed by atoms with E-state index in [1.165, 1.54) is 19.8 Å². The fraction of sp³-hybridized carbons (Fsp3) is 0.556. The number of carboxylic acids is 1. The number of benzene rings is 1. The summed E-state index contributed by atoms with van der Waals surface area (Å²) in [6.45, 7) is 5.29. The van der Waals surface area contributed by atoms with Crippen molar-refractivity contribution in [2.24, 2.45) is 5.41 Å². The molecule has 0 atom stereocenters. The zero-order valence-electron chi connectivity index (χ0n) is 15.8. The van der Waals surface area contributed by atoms with Crippen LogP contribution in [0.4, 0.5) is 17.1 Å². The van der Waals surface area contributed by atoms with Crippen molar-refractivity contribution >= 4 is 41.2 Å². The summed E-state index contributed by atoms with van der Waals surface area (Å²) in [6, 6.07) is 3.26. The van der Waals surface area contributed by atoms with Crippen LogP contribution in [0.2, 0.25) is 0 Å². The van der Waals surface area contributed by atoms with Crippen molar-refractivity contribution in [3.05, 3.63) is 17.7 Å². The van der Waals surface area contributed by atoms with Crippen LogP contribution in [0.3, 0.4) is 0 Å². The number of anilines is 3. The Morgan fingerprint density at radius 3 is 2.52 bits per heavy atom. The molecule has 8 nitrogen and oxygen atoms in total. The fourth-order valence-corrected chi connectivity index (χ4v) is 4.41. The Bertz CT molecular complexity index is 713. The van der Waals surface area contributed by atoms with Crippen LogP contribution in [-0.2, 0) is 14.0 Å². The van der Waals surface area contributed by atoms with Crippen LogP contribution < -0.4 is 14.9 Å². The predicted octanol–water partition coefficient (Wildman–Crippen LogP) is 2.60. The lowest BCUT2D eigenvalue weighted by Crippen LogP contribution is -2.36. The van der Waals surface area contributed by atoms with Gasteiger partial charge in [-0.1, -0.05) is 0 Å². The van der Waals surface area contributed by atoms with Gasteiger partial charge < -0.3 is 20.0 Å².